The molecule has 0 aromatic rings. The Hall–Kier alpha value is -0.160. The lowest BCUT2D eigenvalue weighted by atomic mass is 10.0. The molecule has 0 aromatic carbocycles. The summed E-state index contributed by atoms with van der Waals surface area (Å²) in [5.74, 6) is 0. The van der Waals surface area contributed by atoms with Crippen molar-refractivity contribution in [3.05, 3.63) is 0 Å². The molecule has 0 saturated carbocycles. The first-order chi connectivity index (χ1) is 8.06. The molecule has 0 aromatic heterocycles. The zero-order valence-corrected chi connectivity index (χ0v) is 11.0. The summed E-state index contributed by atoms with van der Waals surface area (Å²) < 4.78 is 17.4. The highest BCUT2D eigenvalue weighted by atomic mass is 16.7. The van der Waals surface area contributed by atoms with Gasteiger partial charge < -0.3 is 19.3 Å². The smallest absolute Gasteiger partial charge is 0.158 e. The van der Waals surface area contributed by atoms with E-state index in [4.69, 9.17) is 14.2 Å². The predicted octanol–water partition coefficient (Wildman–Crippen LogP) is 1.84. The van der Waals surface area contributed by atoms with Gasteiger partial charge in [0.25, 0.3) is 0 Å². The van der Waals surface area contributed by atoms with Crippen LogP contribution in [0.1, 0.15) is 46.5 Å². The molecule has 6 atom stereocenters. The monoisotopic (exact) mass is 244 g/mol. The Labute approximate surface area is 103 Å². The highest BCUT2D eigenvalue weighted by Gasteiger charge is 2.33. The van der Waals surface area contributed by atoms with Crippen LogP contribution in [0.4, 0.5) is 0 Å². The van der Waals surface area contributed by atoms with E-state index < -0.39 is 0 Å². The van der Waals surface area contributed by atoms with Crippen LogP contribution in [0.25, 0.3) is 0 Å². The SMILES string of the molecule is CC1CCC(OC2CCC(O)C(C)O2)C(C)O1. The topological polar surface area (TPSA) is 47.9 Å². The Morgan fingerprint density at radius 1 is 0.941 bits per heavy atom. The van der Waals surface area contributed by atoms with Gasteiger partial charge in [0.05, 0.1) is 30.5 Å². The minimum Gasteiger partial charge on any atom is -0.390 e. The van der Waals surface area contributed by atoms with Crippen LogP contribution in [0, 0.1) is 0 Å². The van der Waals surface area contributed by atoms with Crippen molar-refractivity contribution in [3.8, 4) is 0 Å². The number of hydrogen-bond acceptors (Lipinski definition) is 4. The van der Waals surface area contributed by atoms with Crippen molar-refractivity contribution in [3.63, 3.8) is 0 Å². The van der Waals surface area contributed by atoms with Crippen molar-refractivity contribution < 1.29 is 19.3 Å². The fourth-order valence-corrected chi connectivity index (χ4v) is 2.57. The Balaban J connectivity index is 1.81. The van der Waals surface area contributed by atoms with Crippen LogP contribution >= 0.6 is 0 Å². The van der Waals surface area contributed by atoms with Gasteiger partial charge in [0.2, 0.25) is 0 Å². The van der Waals surface area contributed by atoms with Gasteiger partial charge in [-0.3, -0.25) is 0 Å². The van der Waals surface area contributed by atoms with Gasteiger partial charge in [-0.15, -0.1) is 0 Å². The maximum Gasteiger partial charge on any atom is 0.158 e. The minimum atomic E-state index is -0.352. The van der Waals surface area contributed by atoms with Gasteiger partial charge in [0, 0.05) is 6.42 Å². The quantitative estimate of drug-likeness (QED) is 0.805. The second-order valence-electron chi connectivity index (χ2n) is 5.32. The molecule has 2 rings (SSSR count). The summed E-state index contributed by atoms with van der Waals surface area (Å²) in [6, 6.07) is 0. The van der Waals surface area contributed by atoms with Gasteiger partial charge in [0.15, 0.2) is 6.29 Å². The molecule has 4 nitrogen and oxygen atoms in total. The molecule has 0 amide bonds. The highest BCUT2D eigenvalue weighted by molar-refractivity contribution is 4.77. The van der Waals surface area contributed by atoms with E-state index in [1.807, 2.05) is 6.92 Å². The normalized spacial score (nSPS) is 48.0. The zero-order chi connectivity index (χ0) is 12.4. The third kappa shape index (κ3) is 3.41. The standard InChI is InChI=1S/C13H24O4/c1-8-4-6-12(10(3)15-8)17-13-7-5-11(14)9(2)16-13/h8-14H,4-7H2,1-3H3. The molecule has 2 heterocycles. The van der Waals surface area contributed by atoms with E-state index in [9.17, 15) is 5.11 Å². The molecule has 0 bridgehead atoms. The maximum atomic E-state index is 9.58. The first-order valence-corrected chi connectivity index (χ1v) is 6.70. The van der Waals surface area contributed by atoms with Gasteiger partial charge in [-0.05, 0) is 40.0 Å². The average Bonchev–Trinajstić information content (AvgIpc) is 2.27. The first-order valence-electron chi connectivity index (χ1n) is 6.70. The predicted molar refractivity (Wildman–Crippen MR) is 63.7 cm³/mol. The van der Waals surface area contributed by atoms with E-state index in [1.54, 1.807) is 0 Å². The summed E-state index contributed by atoms with van der Waals surface area (Å²) in [7, 11) is 0. The summed E-state index contributed by atoms with van der Waals surface area (Å²) in [5, 5.41) is 9.58. The van der Waals surface area contributed by atoms with Gasteiger partial charge >= 0.3 is 0 Å². The Kier molecular flexibility index (Phi) is 4.42. The van der Waals surface area contributed by atoms with Crippen molar-refractivity contribution in [2.75, 3.05) is 0 Å². The molecular formula is C13H24O4. The fraction of sp³-hybridized carbons (Fsp3) is 1.00. The summed E-state index contributed by atoms with van der Waals surface area (Å²) in [4.78, 5) is 0. The van der Waals surface area contributed by atoms with Crippen molar-refractivity contribution in [2.24, 2.45) is 0 Å². The second kappa shape index (κ2) is 5.65. The first kappa shape index (κ1) is 13.3. The molecule has 0 aliphatic carbocycles. The van der Waals surface area contributed by atoms with Crippen LogP contribution in [0.2, 0.25) is 0 Å². The van der Waals surface area contributed by atoms with E-state index >= 15 is 0 Å². The summed E-state index contributed by atoms with van der Waals surface area (Å²) in [5.41, 5.74) is 0. The van der Waals surface area contributed by atoms with Crippen LogP contribution in [0.5, 0.6) is 0 Å². The molecule has 2 fully saturated rings. The lowest BCUT2D eigenvalue weighted by molar-refractivity contribution is -0.259. The third-order valence-electron chi connectivity index (χ3n) is 3.76. The van der Waals surface area contributed by atoms with E-state index in [2.05, 4.69) is 13.8 Å². The molecular weight excluding hydrogens is 220 g/mol. The van der Waals surface area contributed by atoms with Gasteiger partial charge in [-0.2, -0.15) is 0 Å². The van der Waals surface area contributed by atoms with E-state index in [0.29, 0.717) is 6.10 Å². The van der Waals surface area contributed by atoms with Gasteiger partial charge in [-0.1, -0.05) is 0 Å². The van der Waals surface area contributed by atoms with Gasteiger partial charge in [0.1, 0.15) is 0 Å². The molecule has 0 radical (unpaired) electrons. The van der Waals surface area contributed by atoms with E-state index in [-0.39, 0.29) is 30.7 Å². The van der Waals surface area contributed by atoms with Crippen molar-refractivity contribution >= 4 is 0 Å². The molecule has 17 heavy (non-hydrogen) atoms. The fourth-order valence-electron chi connectivity index (χ4n) is 2.57. The van der Waals surface area contributed by atoms with Crippen LogP contribution in [0.15, 0.2) is 0 Å². The average molecular weight is 244 g/mol. The van der Waals surface area contributed by atoms with Crippen LogP contribution in [0.3, 0.4) is 0 Å². The summed E-state index contributed by atoms with van der Waals surface area (Å²) >= 11 is 0. The molecule has 1 N–H and O–H groups in total. The van der Waals surface area contributed by atoms with Crippen LogP contribution in [-0.2, 0) is 14.2 Å². The Bertz CT molecular complexity index is 246. The molecule has 6 unspecified atom stereocenters. The molecule has 4 heteroatoms. The second-order valence-corrected chi connectivity index (χ2v) is 5.32. The number of hydrogen-bond donors (Lipinski definition) is 1. The third-order valence-corrected chi connectivity index (χ3v) is 3.76. The largest absolute Gasteiger partial charge is 0.390 e. The number of aliphatic hydroxyl groups excluding tert-OH is 1. The molecule has 0 spiro atoms. The summed E-state index contributed by atoms with van der Waals surface area (Å²) in [6.07, 6.45) is 3.51. The van der Waals surface area contributed by atoms with Gasteiger partial charge in [-0.25, -0.2) is 0 Å². The number of ether oxygens (including phenoxy) is 3. The van der Waals surface area contributed by atoms with Crippen molar-refractivity contribution in [1.29, 1.82) is 0 Å². The molecule has 2 aliphatic rings. The zero-order valence-electron chi connectivity index (χ0n) is 11.0. The van der Waals surface area contributed by atoms with Crippen LogP contribution < -0.4 is 0 Å². The van der Waals surface area contributed by atoms with Crippen molar-refractivity contribution in [1.82, 2.24) is 0 Å². The molecule has 100 valence electrons. The summed E-state index contributed by atoms with van der Waals surface area (Å²) in [6.45, 7) is 6.05. The maximum absolute atomic E-state index is 9.58. The Morgan fingerprint density at radius 2 is 1.71 bits per heavy atom. The Morgan fingerprint density at radius 3 is 2.35 bits per heavy atom. The van der Waals surface area contributed by atoms with E-state index in [0.717, 1.165) is 25.7 Å². The molecule has 2 aliphatic heterocycles. The lowest BCUT2D eigenvalue weighted by Crippen LogP contribution is -2.44. The van der Waals surface area contributed by atoms with Crippen molar-refractivity contribution in [2.45, 2.75) is 83.3 Å². The highest BCUT2D eigenvalue weighted by Crippen LogP contribution is 2.27. The molecule has 2 saturated heterocycles. The van der Waals surface area contributed by atoms with E-state index in [1.165, 1.54) is 0 Å². The number of rotatable bonds is 2. The lowest BCUT2D eigenvalue weighted by Gasteiger charge is -2.38. The minimum absolute atomic E-state index is 0.124. The number of aliphatic hydroxyl groups is 1. The van der Waals surface area contributed by atoms with Crippen LogP contribution in [-0.4, -0.2) is 41.9 Å².